The first-order chi connectivity index (χ1) is 10.2. The Morgan fingerprint density at radius 1 is 0.905 bits per heavy atom. The largest absolute Gasteiger partial charge is 0.326 e. The summed E-state index contributed by atoms with van der Waals surface area (Å²) in [6, 6.07) is 22.1. The van der Waals surface area contributed by atoms with Crippen LogP contribution in [0.25, 0.3) is 10.8 Å². The molecular formula is C19H17NO. The Balaban J connectivity index is 1.72. The second-order valence-electron chi connectivity index (χ2n) is 5.27. The van der Waals surface area contributed by atoms with Gasteiger partial charge in [-0.1, -0.05) is 60.2 Å². The fraction of sp³-hybridized carbons (Fsp3) is 0.105. The molecule has 0 fully saturated rings. The predicted octanol–water partition coefficient (Wildman–Crippen LogP) is 4.33. The van der Waals surface area contributed by atoms with Gasteiger partial charge in [0.15, 0.2) is 0 Å². The lowest BCUT2D eigenvalue weighted by Gasteiger charge is -2.06. The lowest BCUT2D eigenvalue weighted by Crippen LogP contribution is -2.14. The number of nitrogens with one attached hydrogen (secondary N) is 1. The van der Waals surface area contributed by atoms with Gasteiger partial charge in [-0.05, 0) is 35.4 Å². The SMILES string of the molecule is Cc1ccc(NC(=O)Cc2ccc3ccccc3c2)cc1. The smallest absolute Gasteiger partial charge is 0.228 e. The van der Waals surface area contributed by atoms with Crippen molar-refractivity contribution in [3.63, 3.8) is 0 Å². The minimum Gasteiger partial charge on any atom is -0.326 e. The van der Waals surface area contributed by atoms with Gasteiger partial charge in [0.05, 0.1) is 6.42 Å². The van der Waals surface area contributed by atoms with Gasteiger partial charge in [-0.2, -0.15) is 0 Å². The third-order valence-corrected chi connectivity index (χ3v) is 3.51. The fourth-order valence-electron chi connectivity index (χ4n) is 2.38. The van der Waals surface area contributed by atoms with Crippen LogP contribution in [0.2, 0.25) is 0 Å². The summed E-state index contributed by atoms with van der Waals surface area (Å²) in [5.41, 5.74) is 3.05. The van der Waals surface area contributed by atoms with Crippen LogP contribution in [0.1, 0.15) is 11.1 Å². The van der Waals surface area contributed by atoms with E-state index in [1.54, 1.807) is 0 Å². The number of benzene rings is 3. The van der Waals surface area contributed by atoms with Crippen molar-refractivity contribution in [2.75, 3.05) is 5.32 Å². The molecule has 0 saturated heterocycles. The van der Waals surface area contributed by atoms with E-state index >= 15 is 0 Å². The average molecular weight is 275 g/mol. The topological polar surface area (TPSA) is 29.1 Å². The van der Waals surface area contributed by atoms with E-state index in [1.165, 1.54) is 10.9 Å². The summed E-state index contributed by atoms with van der Waals surface area (Å²) in [7, 11) is 0. The van der Waals surface area contributed by atoms with Crippen molar-refractivity contribution in [1.29, 1.82) is 0 Å². The maximum Gasteiger partial charge on any atom is 0.228 e. The van der Waals surface area contributed by atoms with Gasteiger partial charge in [0.25, 0.3) is 0 Å². The summed E-state index contributed by atoms with van der Waals surface area (Å²) >= 11 is 0. The van der Waals surface area contributed by atoms with Crippen molar-refractivity contribution >= 4 is 22.4 Å². The molecule has 1 amide bonds. The van der Waals surface area contributed by atoms with Crippen LogP contribution in [0.3, 0.4) is 0 Å². The lowest BCUT2D eigenvalue weighted by atomic mass is 10.0. The molecule has 0 aliphatic carbocycles. The van der Waals surface area contributed by atoms with Crippen molar-refractivity contribution < 1.29 is 4.79 Å². The molecule has 0 aromatic heterocycles. The van der Waals surface area contributed by atoms with Gasteiger partial charge in [0.1, 0.15) is 0 Å². The zero-order chi connectivity index (χ0) is 14.7. The number of fused-ring (bicyclic) bond motifs is 1. The van der Waals surface area contributed by atoms with Gasteiger partial charge in [0, 0.05) is 5.69 Å². The number of anilines is 1. The molecule has 0 radical (unpaired) electrons. The third-order valence-electron chi connectivity index (χ3n) is 3.51. The Hall–Kier alpha value is -2.61. The molecule has 0 atom stereocenters. The summed E-state index contributed by atoms with van der Waals surface area (Å²) in [5, 5.41) is 5.29. The van der Waals surface area contributed by atoms with Crippen molar-refractivity contribution in [3.05, 3.63) is 77.9 Å². The molecule has 21 heavy (non-hydrogen) atoms. The van der Waals surface area contributed by atoms with Crippen LogP contribution in [-0.4, -0.2) is 5.91 Å². The first-order valence-electron chi connectivity index (χ1n) is 7.05. The van der Waals surface area contributed by atoms with Crippen LogP contribution < -0.4 is 5.32 Å². The Morgan fingerprint density at radius 2 is 1.62 bits per heavy atom. The highest BCUT2D eigenvalue weighted by Crippen LogP contribution is 2.16. The molecule has 3 aromatic rings. The minimum absolute atomic E-state index is 0.00846. The number of amides is 1. The van der Waals surface area contributed by atoms with E-state index in [-0.39, 0.29) is 5.91 Å². The highest BCUT2D eigenvalue weighted by Gasteiger charge is 2.05. The quantitative estimate of drug-likeness (QED) is 0.757. The molecule has 0 saturated carbocycles. The summed E-state index contributed by atoms with van der Waals surface area (Å²) < 4.78 is 0. The molecule has 0 bridgehead atoms. The first-order valence-corrected chi connectivity index (χ1v) is 7.05. The van der Waals surface area contributed by atoms with Crippen LogP contribution in [-0.2, 0) is 11.2 Å². The molecule has 104 valence electrons. The molecule has 3 rings (SSSR count). The molecule has 2 heteroatoms. The number of hydrogen-bond acceptors (Lipinski definition) is 1. The Kier molecular flexibility index (Phi) is 3.69. The van der Waals surface area contributed by atoms with E-state index in [2.05, 4.69) is 29.6 Å². The molecule has 0 heterocycles. The number of aryl methyl sites for hydroxylation is 1. The number of carbonyl (C=O) groups is 1. The lowest BCUT2D eigenvalue weighted by molar-refractivity contribution is -0.115. The van der Waals surface area contributed by atoms with Crippen molar-refractivity contribution in [2.45, 2.75) is 13.3 Å². The third kappa shape index (κ3) is 3.29. The molecule has 0 spiro atoms. The second kappa shape index (κ2) is 5.80. The molecule has 3 aromatic carbocycles. The number of carbonyl (C=O) groups excluding carboxylic acids is 1. The highest BCUT2D eigenvalue weighted by atomic mass is 16.1. The van der Waals surface area contributed by atoms with Gasteiger partial charge in [-0.3, -0.25) is 4.79 Å². The van der Waals surface area contributed by atoms with Crippen molar-refractivity contribution in [2.24, 2.45) is 0 Å². The fourth-order valence-corrected chi connectivity index (χ4v) is 2.38. The van der Waals surface area contributed by atoms with Crippen LogP contribution in [0, 0.1) is 6.92 Å². The summed E-state index contributed by atoms with van der Waals surface area (Å²) in [6.07, 6.45) is 0.388. The van der Waals surface area contributed by atoms with Gasteiger partial charge in [-0.15, -0.1) is 0 Å². The van der Waals surface area contributed by atoms with Gasteiger partial charge < -0.3 is 5.32 Å². The van der Waals surface area contributed by atoms with Crippen LogP contribution >= 0.6 is 0 Å². The zero-order valence-corrected chi connectivity index (χ0v) is 12.0. The van der Waals surface area contributed by atoms with Crippen LogP contribution in [0.5, 0.6) is 0 Å². The molecule has 2 nitrogen and oxygen atoms in total. The standard InChI is InChI=1S/C19H17NO/c1-14-6-10-18(11-7-14)20-19(21)13-15-8-9-16-4-2-3-5-17(16)12-15/h2-12H,13H2,1H3,(H,20,21). The second-order valence-corrected chi connectivity index (χ2v) is 5.27. The summed E-state index contributed by atoms with van der Waals surface area (Å²) in [4.78, 5) is 12.1. The maximum absolute atomic E-state index is 12.1. The average Bonchev–Trinajstić information content (AvgIpc) is 2.49. The molecule has 0 aliphatic rings. The Morgan fingerprint density at radius 3 is 2.38 bits per heavy atom. The van der Waals surface area contributed by atoms with E-state index in [1.807, 2.05) is 49.4 Å². The Labute approximate surface area is 124 Å². The summed E-state index contributed by atoms with van der Waals surface area (Å²) in [5.74, 6) is 0.00846. The van der Waals surface area contributed by atoms with Gasteiger partial charge in [-0.25, -0.2) is 0 Å². The Bertz CT molecular complexity index is 775. The molecule has 0 aliphatic heterocycles. The zero-order valence-electron chi connectivity index (χ0n) is 12.0. The van der Waals surface area contributed by atoms with Crippen molar-refractivity contribution in [3.8, 4) is 0 Å². The van der Waals surface area contributed by atoms with Gasteiger partial charge >= 0.3 is 0 Å². The van der Waals surface area contributed by atoms with E-state index in [0.717, 1.165) is 16.6 Å². The predicted molar refractivity (Wildman–Crippen MR) is 87.5 cm³/mol. The van der Waals surface area contributed by atoms with E-state index in [9.17, 15) is 4.79 Å². The van der Waals surface area contributed by atoms with E-state index in [4.69, 9.17) is 0 Å². The minimum atomic E-state index is 0.00846. The maximum atomic E-state index is 12.1. The summed E-state index contributed by atoms with van der Waals surface area (Å²) in [6.45, 7) is 2.03. The number of rotatable bonds is 3. The van der Waals surface area contributed by atoms with Crippen LogP contribution in [0.15, 0.2) is 66.7 Å². The normalized spacial score (nSPS) is 10.5. The number of hydrogen-bond donors (Lipinski definition) is 1. The molecule has 1 N–H and O–H groups in total. The van der Waals surface area contributed by atoms with E-state index < -0.39 is 0 Å². The first kappa shape index (κ1) is 13.4. The van der Waals surface area contributed by atoms with E-state index in [0.29, 0.717) is 6.42 Å². The highest BCUT2D eigenvalue weighted by molar-refractivity contribution is 5.93. The molecule has 0 unspecified atom stereocenters. The van der Waals surface area contributed by atoms with Crippen LogP contribution in [0.4, 0.5) is 5.69 Å². The van der Waals surface area contributed by atoms with Crippen molar-refractivity contribution in [1.82, 2.24) is 0 Å². The van der Waals surface area contributed by atoms with Gasteiger partial charge in [0.2, 0.25) is 5.91 Å². The molecular weight excluding hydrogens is 258 g/mol. The monoisotopic (exact) mass is 275 g/mol.